The molecule has 0 aliphatic heterocycles. The van der Waals surface area contributed by atoms with Crippen LogP contribution in [-0.2, 0) is 10.2 Å². The minimum absolute atomic E-state index is 0.0368. The van der Waals surface area contributed by atoms with Crippen molar-refractivity contribution in [2.75, 3.05) is 24.7 Å². The highest BCUT2D eigenvalue weighted by atomic mass is 16.5. The normalized spacial score (nSPS) is 11.0. The van der Waals surface area contributed by atoms with Gasteiger partial charge in [0.2, 0.25) is 5.91 Å². The van der Waals surface area contributed by atoms with Crippen molar-refractivity contribution in [2.24, 2.45) is 0 Å². The fourth-order valence-corrected chi connectivity index (χ4v) is 2.50. The van der Waals surface area contributed by atoms with Gasteiger partial charge in [-0.25, -0.2) is 0 Å². The van der Waals surface area contributed by atoms with E-state index in [9.17, 15) is 9.59 Å². The molecule has 2 amide bonds. The fraction of sp³-hybridized carbons (Fsp3) is 0.333. The van der Waals surface area contributed by atoms with E-state index in [1.165, 1.54) is 0 Å². The molecule has 0 unspecified atom stereocenters. The Balaban J connectivity index is 1.85. The summed E-state index contributed by atoms with van der Waals surface area (Å²) in [6.45, 7) is 6.59. The minimum Gasteiger partial charge on any atom is -0.497 e. The van der Waals surface area contributed by atoms with E-state index >= 15 is 0 Å². The standard InChI is InChI=1S/C21H27N3O3/c1-21(2,3)15-7-5-14(6-8-15)20(26)23-12-11-19(25)24-18-13-16(27-4)9-10-17(18)22/h5-10,13H,11-12,22H2,1-4H3,(H,23,26)(H,24,25). The molecule has 0 radical (unpaired) electrons. The monoisotopic (exact) mass is 369 g/mol. The Hall–Kier alpha value is -3.02. The summed E-state index contributed by atoms with van der Waals surface area (Å²) in [4.78, 5) is 24.3. The fourth-order valence-electron chi connectivity index (χ4n) is 2.50. The van der Waals surface area contributed by atoms with E-state index in [2.05, 4.69) is 31.4 Å². The van der Waals surface area contributed by atoms with Gasteiger partial charge in [0.25, 0.3) is 5.91 Å². The molecule has 4 N–H and O–H groups in total. The van der Waals surface area contributed by atoms with E-state index in [1.54, 1.807) is 37.4 Å². The maximum absolute atomic E-state index is 12.2. The largest absolute Gasteiger partial charge is 0.497 e. The Kier molecular flexibility index (Phi) is 6.45. The predicted molar refractivity (Wildman–Crippen MR) is 108 cm³/mol. The van der Waals surface area contributed by atoms with Crippen molar-refractivity contribution in [1.29, 1.82) is 0 Å². The second kappa shape index (κ2) is 8.58. The molecular weight excluding hydrogens is 342 g/mol. The highest BCUT2D eigenvalue weighted by Gasteiger charge is 2.14. The molecule has 2 aromatic rings. The maximum Gasteiger partial charge on any atom is 0.251 e. The summed E-state index contributed by atoms with van der Waals surface area (Å²) >= 11 is 0. The van der Waals surface area contributed by atoms with Crippen LogP contribution < -0.4 is 21.1 Å². The van der Waals surface area contributed by atoms with Gasteiger partial charge in [-0.15, -0.1) is 0 Å². The van der Waals surface area contributed by atoms with E-state index in [0.29, 0.717) is 22.7 Å². The summed E-state index contributed by atoms with van der Waals surface area (Å²) < 4.78 is 5.12. The molecule has 144 valence electrons. The Morgan fingerprint density at radius 3 is 2.33 bits per heavy atom. The van der Waals surface area contributed by atoms with Crippen molar-refractivity contribution in [3.05, 3.63) is 53.6 Å². The summed E-state index contributed by atoms with van der Waals surface area (Å²) in [5.74, 6) is 0.161. The van der Waals surface area contributed by atoms with E-state index < -0.39 is 0 Å². The number of methoxy groups -OCH3 is 1. The molecule has 0 saturated carbocycles. The zero-order valence-electron chi connectivity index (χ0n) is 16.3. The SMILES string of the molecule is COc1ccc(N)c(NC(=O)CCNC(=O)c2ccc(C(C)(C)C)cc2)c1. The lowest BCUT2D eigenvalue weighted by Crippen LogP contribution is -2.27. The van der Waals surface area contributed by atoms with Crippen molar-refractivity contribution in [3.63, 3.8) is 0 Å². The van der Waals surface area contributed by atoms with Crippen LogP contribution in [0.4, 0.5) is 11.4 Å². The molecule has 0 spiro atoms. The topological polar surface area (TPSA) is 93.4 Å². The number of nitrogens with two attached hydrogens (primary N) is 1. The first-order valence-electron chi connectivity index (χ1n) is 8.83. The van der Waals surface area contributed by atoms with Crippen LogP contribution in [0.15, 0.2) is 42.5 Å². The highest BCUT2D eigenvalue weighted by Crippen LogP contribution is 2.24. The molecule has 27 heavy (non-hydrogen) atoms. The summed E-state index contributed by atoms with van der Waals surface area (Å²) in [7, 11) is 1.54. The number of amides is 2. The molecule has 0 aliphatic rings. The van der Waals surface area contributed by atoms with Gasteiger partial charge in [0.05, 0.1) is 18.5 Å². The van der Waals surface area contributed by atoms with E-state index in [0.717, 1.165) is 5.56 Å². The third-order valence-corrected chi connectivity index (χ3v) is 4.19. The lowest BCUT2D eigenvalue weighted by molar-refractivity contribution is -0.116. The van der Waals surface area contributed by atoms with Gasteiger partial charge in [-0.3, -0.25) is 9.59 Å². The molecule has 0 aromatic heterocycles. The first-order valence-corrected chi connectivity index (χ1v) is 8.83. The average Bonchev–Trinajstić information content (AvgIpc) is 2.63. The average molecular weight is 369 g/mol. The van der Waals surface area contributed by atoms with E-state index in [-0.39, 0.29) is 30.2 Å². The lowest BCUT2D eigenvalue weighted by atomic mass is 9.87. The number of carbonyl (C=O) groups is 2. The Morgan fingerprint density at radius 2 is 1.74 bits per heavy atom. The summed E-state index contributed by atoms with van der Waals surface area (Å²) in [5.41, 5.74) is 8.56. The van der Waals surface area contributed by atoms with Crippen molar-refractivity contribution < 1.29 is 14.3 Å². The first kappa shape index (κ1) is 20.3. The second-order valence-corrected chi connectivity index (χ2v) is 7.33. The first-order chi connectivity index (χ1) is 12.7. The molecule has 6 nitrogen and oxygen atoms in total. The van der Waals surface area contributed by atoms with Crippen LogP contribution in [0, 0.1) is 0 Å². The van der Waals surface area contributed by atoms with Gasteiger partial charge < -0.3 is 21.1 Å². The molecule has 0 saturated heterocycles. The molecule has 2 aromatic carbocycles. The maximum atomic E-state index is 12.2. The summed E-state index contributed by atoms with van der Waals surface area (Å²) in [5, 5.41) is 5.48. The van der Waals surface area contributed by atoms with E-state index in [1.807, 2.05) is 12.1 Å². The predicted octanol–water partition coefficient (Wildman–Crippen LogP) is 3.33. The number of carbonyl (C=O) groups excluding carboxylic acids is 2. The van der Waals surface area contributed by atoms with Gasteiger partial charge in [-0.05, 0) is 35.2 Å². The highest BCUT2D eigenvalue weighted by molar-refractivity contribution is 5.96. The number of anilines is 2. The number of hydrogen-bond donors (Lipinski definition) is 3. The molecule has 0 atom stereocenters. The number of ether oxygens (including phenoxy) is 1. The number of rotatable bonds is 6. The lowest BCUT2D eigenvalue weighted by Gasteiger charge is -2.19. The van der Waals surface area contributed by atoms with Crippen LogP contribution in [0.5, 0.6) is 5.75 Å². The number of hydrogen-bond acceptors (Lipinski definition) is 4. The van der Waals surface area contributed by atoms with Gasteiger partial charge in [0.15, 0.2) is 0 Å². The Labute approximate surface area is 160 Å². The van der Waals surface area contributed by atoms with Crippen LogP contribution in [0.3, 0.4) is 0 Å². The molecular formula is C21H27N3O3. The van der Waals surface area contributed by atoms with Crippen molar-refractivity contribution in [1.82, 2.24) is 5.32 Å². The number of nitrogens with one attached hydrogen (secondary N) is 2. The van der Waals surface area contributed by atoms with Crippen LogP contribution in [-0.4, -0.2) is 25.5 Å². The van der Waals surface area contributed by atoms with Crippen molar-refractivity contribution in [2.45, 2.75) is 32.6 Å². The van der Waals surface area contributed by atoms with Crippen LogP contribution >= 0.6 is 0 Å². The smallest absolute Gasteiger partial charge is 0.251 e. The second-order valence-electron chi connectivity index (χ2n) is 7.33. The van der Waals surface area contributed by atoms with Crippen molar-refractivity contribution in [3.8, 4) is 5.75 Å². The minimum atomic E-state index is -0.238. The summed E-state index contributed by atoms with van der Waals surface area (Å²) in [6, 6.07) is 12.5. The quantitative estimate of drug-likeness (QED) is 0.681. The van der Waals surface area contributed by atoms with Gasteiger partial charge in [0, 0.05) is 24.6 Å². The van der Waals surface area contributed by atoms with Crippen LogP contribution in [0.2, 0.25) is 0 Å². The zero-order valence-corrected chi connectivity index (χ0v) is 16.3. The number of benzene rings is 2. The van der Waals surface area contributed by atoms with Crippen LogP contribution in [0.1, 0.15) is 43.1 Å². The van der Waals surface area contributed by atoms with Gasteiger partial charge in [0.1, 0.15) is 5.75 Å². The Bertz CT molecular complexity index is 808. The van der Waals surface area contributed by atoms with Gasteiger partial charge in [-0.1, -0.05) is 32.9 Å². The molecule has 0 aliphatic carbocycles. The van der Waals surface area contributed by atoms with Crippen LogP contribution in [0.25, 0.3) is 0 Å². The summed E-state index contributed by atoms with van der Waals surface area (Å²) in [6.07, 6.45) is 0.141. The van der Waals surface area contributed by atoms with Gasteiger partial charge in [-0.2, -0.15) is 0 Å². The number of nitrogen functional groups attached to an aromatic ring is 1. The third kappa shape index (κ3) is 5.74. The molecule has 2 rings (SSSR count). The van der Waals surface area contributed by atoms with E-state index in [4.69, 9.17) is 10.5 Å². The van der Waals surface area contributed by atoms with Crippen molar-refractivity contribution >= 4 is 23.2 Å². The molecule has 0 heterocycles. The molecule has 6 heteroatoms. The van der Waals surface area contributed by atoms with Gasteiger partial charge >= 0.3 is 0 Å². The third-order valence-electron chi connectivity index (χ3n) is 4.19. The zero-order chi connectivity index (χ0) is 20.0. The Morgan fingerprint density at radius 1 is 1.07 bits per heavy atom. The molecule has 0 bridgehead atoms. The molecule has 0 fully saturated rings.